The van der Waals surface area contributed by atoms with E-state index in [9.17, 15) is 14.4 Å². The Labute approximate surface area is 195 Å². The van der Waals surface area contributed by atoms with Crippen LogP contribution in [0, 0.1) is 5.92 Å². The Hall–Kier alpha value is -4.13. The van der Waals surface area contributed by atoms with Crippen LogP contribution in [0.4, 0.5) is 5.69 Å². The van der Waals surface area contributed by atoms with Crippen molar-refractivity contribution in [2.24, 2.45) is 5.92 Å². The number of hydrogen-bond donors (Lipinski definition) is 0. The lowest BCUT2D eigenvalue weighted by atomic mass is 10.0. The van der Waals surface area contributed by atoms with Gasteiger partial charge >= 0.3 is 11.6 Å². The Kier molecular flexibility index (Phi) is 5.76. The molecular weight excluding hydrogens is 434 g/mol. The molecule has 1 aromatic heterocycles. The number of ether oxygens (including phenoxy) is 2. The first-order valence-electron chi connectivity index (χ1n) is 11.2. The molecule has 1 amide bonds. The molecule has 5 rings (SSSR count). The van der Waals surface area contributed by atoms with Gasteiger partial charge in [0.15, 0.2) is 0 Å². The highest BCUT2D eigenvalue weighted by atomic mass is 16.5. The molecule has 0 radical (unpaired) electrons. The van der Waals surface area contributed by atoms with Gasteiger partial charge < -0.3 is 18.8 Å². The quantitative estimate of drug-likeness (QED) is 0.242. The van der Waals surface area contributed by atoms with Crippen molar-refractivity contribution in [3.63, 3.8) is 0 Å². The number of carbonyl (C=O) groups excluding carboxylic acids is 2. The van der Waals surface area contributed by atoms with Gasteiger partial charge in [0.2, 0.25) is 5.91 Å². The summed E-state index contributed by atoms with van der Waals surface area (Å²) in [5.41, 5.74) is 1.22. The SMILES string of the molecule is CCOc1ccc(N2CC(C(=O)OCc3cc(=O)oc4ccc5ccccc5c34)CC2=O)cc1. The number of anilines is 1. The standard InChI is InChI=1S/C27H23NO6/c1-2-32-21-10-8-20(9-11-21)28-15-18(13-24(28)29)27(31)33-16-19-14-25(30)34-23-12-7-17-5-3-4-6-22(17)26(19)23/h3-12,14,18H,2,13,15-16H2,1H3. The van der Waals surface area contributed by atoms with Crippen LogP contribution in [0.2, 0.25) is 0 Å². The molecule has 0 saturated carbocycles. The molecular formula is C27H23NO6. The van der Waals surface area contributed by atoms with Crippen LogP contribution in [0.5, 0.6) is 5.75 Å². The van der Waals surface area contributed by atoms with Gasteiger partial charge in [-0.3, -0.25) is 9.59 Å². The Morgan fingerprint density at radius 1 is 1.06 bits per heavy atom. The van der Waals surface area contributed by atoms with Crippen LogP contribution in [0.3, 0.4) is 0 Å². The zero-order chi connectivity index (χ0) is 23.7. The number of fused-ring (bicyclic) bond motifs is 3. The van der Waals surface area contributed by atoms with Gasteiger partial charge in [-0.05, 0) is 48.0 Å². The molecule has 4 aromatic rings. The molecule has 0 aliphatic carbocycles. The molecule has 0 bridgehead atoms. The topological polar surface area (TPSA) is 86.0 Å². The van der Waals surface area contributed by atoms with Crippen LogP contribution < -0.4 is 15.3 Å². The molecule has 1 atom stereocenters. The summed E-state index contributed by atoms with van der Waals surface area (Å²) in [6.07, 6.45) is 0.0760. The van der Waals surface area contributed by atoms with Crippen molar-refractivity contribution in [3.8, 4) is 5.75 Å². The second-order valence-corrected chi connectivity index (χ2v) is 8.19. The van der Waals surface area contributed by atoms with Gasteiger partial charge in [0.25, 0.3) is 0 Å². The highest BCUT2D eigenvalue weighted by Crippen LogP contribution is 2.30. The summed E-state index contributed by atoms with van der Waals surface area (Å²) in [5, 5.41) is 2.64. The number of nitrogens with zero attached hydrogens (tertiary/aromatic N) is 1. The summed E-state index contributed by atoms with van der Waals surface area (Å²) in [6, 6.07) is 19.9. The minimum Gasteiger partial charge on any atom is -0.494 e. The summed E-state index contributed by atoms with van der Waals surface area (Å²) >= 11 is 0. The number of hydrogen-bond acceptors (Lipinski definition) is 6. The first-order valence-corrected chi connectivity index (χ1v) is 11.2. The average Bonchev–Trinajstić information content (AvgIpc) is 3.24. The van der Waals surface area contributed by atoms with Crippen molar-refractivity contribution in [1.29, 1.82) is 0 Å². The van der Waals surface area contributed by atoms with E-state index in [-0.39, 0.29) is 25.5 Å². The van der Waals surface area contributed by atoms with Crippen LogP contribution in [-0.4, -0.2) is 25.0 Å². The fourth-order valence-corrected chi connectivity index (χ4v) is 4.40. The molecule has 1 aliphatic rings. The molecule has 0 N–H and O–H groups in total. The van der Waals surface area contributed by atoms with Crippen LogP contribution in [0.15, 0.2) is 75.9 Å². The monoisotopic (exact) mass is 457 g/mol. The lowest BCUT2D eigenvalue weighted by Crippen LogP contribution is -2.26. The zero-order valence-corrected chi connectivity index (χ0v) is 18.7. The molecule has 7 nitrogen and oxygen atoms in total. The molecule has 0 spiro atoms. The Morgan fingerprint density at radius 2 is 1.85 bits per heavy atom. The predicted octanol–water partition coefficient (Wildman–Crippen LogP) is 4.44. The summed E-state index contributed by atoms with van der Waals surface area (Å²) in [7, 11) is 0. The van der Waals surface area contributed by atoms with E-state index in [1.165, 1.54) is 6.07 Å². The second-order valence-electron chi connectivity index (χ2n) is 8.19. The molecule has 1 aliphatic heterocycles. The summed E-state index contributed by atoms with van der Waals surface area (Å²) in [4.78, 5) is 39.1. The largest absolute Gasteiger partial charge is 0.494 e. The van der Waals surface area contributed by atoms with Crippen LogP contribution in [-0.2, 0) is 20.9 Å². The van der Waals surface area contributed by atoms with Crippen LogP contribution in [0.25, 0.3) is 21.7 Å². The van der Waals surface area contributed by atoms with E-state index in [2.05, 4.69) is 0 Å². The van der Waals surface area contributed by atoms with Crippen LogP contribution in [0.1, 0.15) is 18.9 Å². The van der Waals surface area contributed by atoms with E-state index in [1.807, 2.05) is 37.3 Å². The molecule has 1 saturated heterocycles. The molecule has 3 aromatic carbocycles. The van der Waals surface area contributed by atoms with Crippen molar-refractivity contribution >= 4 is 39.3 Å². The van der Waals surface area contributed by atoms with Crippen molar-refractivity contribution in [2.45, 2.75) is 20.0 Å². The highest BCUT2D eigenvalue weighted by molar-refractivity contribution is 6.07. The molecule has 1 unspecified atom stereocenters. The first-order chi connectivity index (χ1) is 16.5. The third-order valence-electron chi connectivity index (χ3n) is 6.00. The number of benzene rings is 3. The third kappa shape index (κ3) is 4.12. The molecule has 34 heavy (non-hydrogen) atoms. The zero-order valence-electron chi connectivity index (χ0n) is 18.7. The summed E-state index contributed by atoms with van der Waals surface area (Å²) in [6.45, 7) is 2.63. The van der Waals surface area contributed by atoms with Crippen molar-refractivity contribution in [1.82, 2.24) is 0 Å². The van der Waals surface area contributed by atoms with Gasteiger partial charge in [-0.1, -0.05) is 30.3 Å². The van der Waals surface area contributed by atoms with Crippen molar-refractivity contribution < 1.29 is 23.5 Å². The van der Waals surface area contributed by atoms with Crippen molar-refractivity contribution in [2.75, 3.05) is 18.1 Å². The van der Waals surface area contributed by atoms with Crippen LogP contribution >= 0.6 is 0 Å². The normalized spacial score (nSPS) is 15.7. The van der Waals surface area contributed by atoms with E-state index in [0.717, 1.165) is 21.9 Å². The Bertz CT molecular complexity index is 1440. The van der Waals surface area contributed by atoms with Gasteiger partial charge in [-0.2, -0.15) is 0 Å². The second kappa shape index (κ2) is 9.02. The van der Waals surface area contributed by atoms with Gasteiger partial charge in [0.1, 0.15) is 17.9 Å². The van der Waals surface area contributed by atoms with Gasteiger partial charge in [-0.15, -0.1) is 0 Å². The summed E-state index contributed by atoms with van der Waals surface area (Å²) in [5.74, 6) is -0.463. The number of esters is 1. The van der Waals surface area contributed by atoms with E-state index >= 15 is 0 Å². The minimum atomic E-state index is -0.581. The maximum atomic E-state index is 12.8. The molecule has 1 fully saturated rings. The maximum absolute atomic E-state index is 12.8. The Morgan fingerprint density at radius 3 is 2.65 bits per heavy atom. The van der Waals surface area contributed by atoms with Gasteiger partial charge in [-0.25, -0.2) is 4.79 Å². The lowest BCUT2D eigenvalue weighted by molar-refractivity contribution is -0.149. The predicted molar refractivity (Wildman–Crippen MR) is 128 cm³/mol. The average molecular weight is 457 g/mol. The molecule has 172 valence electrons. The van der Waals surface area contributed by atoms with E-state index in [1.54, 1.807) is 35.2 Å². The molecule has 7 heteroatoms. The van der Waals surface area contributed by atoms with Gasteiger partial charge in [0, 0.05) is 35.7 Å². The lowest BCUT2D eigenvalue weighted by Gasteiger charge is -2.17. The highest BCUT2D eigenvalue weighted by Gasteiger charge is 2.36. The molecule has 2 heterocycles. The number of carbonyl (C=O) groups is 2. The Balaban J connectivity index is 1.33. The smallest absolute Gasteiger partial charge is 0.336 e. The number of amides is 1. The van der Waals surface area contributed by atoms with E-state index in [4.69, 9.17) is 13.9 Å². The summed E-state index contributed by atoms with van der Waals surface area (Å²) < 4.78 is 16.4. The van der Waals surface area contributed by atoms with Gasteiger partial charge in [0.05, 0.1) is 12.5 Å². The number of rotatable bonds is 6. The fourth-order valence-electron chi connectivity index (χ4n) is 4.40. The van der Waals surface area contributed by atoms with E-state index < -0.39 is 17.5 Å². The fraction of sp³-hybridized carbons (Fsp3) is 0.222. The van der Waals surface area contributed by atoms with E-state index in [0.29, 0.717) is 23.4 Å². The maximum Gasteiger partial charge on any atom is 0.336 e. The third-order valence-corrected chi connectivity index (χ3v) is 6.00. The first kappa shape index (κ1) is 21.7. The van der Waals surface area contributed by atoms with Crippen molar-refractivity contribution in [3.05, 3.63) is 82.7 Å². The minimum absolute atomic E-state index is 0.0760.